The fraction of sp³-hybridized carbons (Fsp3) is 0.296. The number of pyridine rings is 1. The van der Waals surface area contributed by atoms with Gasteiger partial charge in [-0.2, -0.15) is 0 Å². The molecule has 3 aromatic rings. The molecule has 170 valence electrons. The van der Waals surface area contributed by atoms with Crippen molar-refractivity contribution in [3.05, 3.63) is 77.9 Å². The van der Waals surface area contributed by atoms with Crippen LogP contribution in [-0.4, -0.2) is 47.4 Å². The molecule has 1 saturated heterocycles. The first kappa shape index (κ1) is 22.5. The molecule has 0 bridgehead atoms. The smallest absolute Gasteiger partial charge is 0.251 e. The maximum atomic E-state index is 12.8. The van der Waals surface area contributed by atoms with Crippen molar-refractivity contribution in [1.82, 2.24) is 15.2 Å². The van der Waals surface area contributed by atoms with Crippen LogP contribution in [0.4, 0.5) is 0 Å². The number of likely N-dealkylation sites (tertiary alicyclic amines) is 1. The number of benzene rings is 2. The molecule has 1 N–H and O–H groups in total. The van der Waals surface area contributed by atoms with Gasteiger partial charge in [-0.1, -0.05) is 43.3 Å². The second kappa shape index (κ2) is 10.8. The van der Waals surface area contributed by atoms with Crippen LogP contribution in [0, 0.1) is 0 Å². The van der Waals surface area contributed by atoms with Crippen LogP contribution < -0.4 is 10.1 Å². The summed E-state index contributed by atoms with van der Waals surface area (Å²) in [6.45, 7) is 3.84. The molecule has 33 heavy (non-hydrogen) atoms. The third-order valence-electron chi connectivity index (χ3n) is 5.74. The first-order chi connectivity index (χ1) is 16.1. The van der Waals surface area contributed by atoms with Crippen LogP contribution in [0.3, 0.4) is 0 Å². The number of hydrogen-bond donors (Lipinski definition) is 1. The lowest BCUT2D eigenvalue weighted by atomic mass is 10.0. The molecule has 0 saturated carbocycles. The van der Waals surface area contributed by atoms with Gasteiger partial charge in [-0.3, -0.25) is 9.59 Å². The van der Waals surface area contributed by atoms with Gasteiger partial charge in [0.1, 0.15) is 0 Å². The number of carbonyl (C=O) groups excluding carboxylic acids is 2. The lowest BCUT2D eigenvalue weighted by molar-refractivity contribution is -0.126. The predicted molar refractivity (Wildman–Crippen MR) is 130 cm³/mol. The van der Waals surface area contributed by atoms with Crippen molar-refractivity contribution in [2.75, 3.05) is 19.7 Å². The van der Waals surface area contributed by atoms with E-state index in [4.69, 9.17) is 4.74 Å². The summed E-state index contributed by atoms with van der Waals surface area (Å²) >= 11 is 0. The highest BCUT2D eigenvalue weighted by Gasteiger charge is 2.23. The van der Waals surface area contributed by atoms with E-state index >= 15 is 0 Å². The zero-order chi connectivity index (χ0) is 23.0. The highest BCUT2D eigenvalue weighted by Crippen LogP contribution is 2.24. The van der Waals surface area contributed by atoms with Crippen molar-refractivity contribution in [2.45, 2.75) is 32.2 Å². The van der Waals surface area contributed by atoms with Crippen molar-refractivity contribution in [1.29, 1.82) is 0 Å². The van der Waals surface area contributed by atoms with Gasteiger partial charge >= 0.3 is 0 Å². The zero-order valence-corrected chi connectivity index (χ0v) is 18.9. The van der Waals surface area contributed by atoms with Crippen LogP contribution in [0.1, 0.15) is 42.1 Å². The summed E-state index contributed by atoms with van der Waals surface area (Å²) in [5, 5.41) is 4.08. The van der Waals surface area contributed by atoms with Crippen molar-refractivity contribution in [2.24, 2.45) is 0 Å². The van der Waals surface area contributed by atoms with E-state index in [-0.39, 0.29) is 17.9 Å². The third-order valence-corrected chi connectivity index (χ3v) is 5.74. The van der Waals surface area contributed by atoms with Crippen molar-refractivity contribution < 1.29 is 14.3 Å². The lowest BCUT2D eigenvalue weighted by Gasteiger charge is -2.31. The summed E-state index contributed by atoms with van der Waals surface area (Å²) in [7, 11) is 0. The van der Waals surface area contributed by atoms with Gasteiger partial charge in [-0.25, -0.2) is 4.98 Å². The molecule has 0 aliphatic carbocycles. The van der Waals surface area contributed by atoms with Crippen LogP contribution in [-0.2, 0) is 4.79 Å². The minimum Gasteiger partial charge on any atom is -0.477 e. The molecular formula is C27H29N3O3. The molecule has 0 atom stereocenters. The van der Waals surface area contributed by atoms with E-state index in [1.165, 1.54) is 0 Å². The largest absolute Gasteiger partial charge is 0.477 e. The van der Waals surface area contributed by atoms with Gasteiger partial charge in [-0.15, -0.1) is 0 Å². The van der Waals surface area contributed by atoms with Gasteiger partial charge in [0.25, 0.3) is 5.91 Å². The molecule has 0 radical (unpaired) electrons. The number of para-hydroxylation sites is 1. The van der Waals surface area contributed by atoms with E-state index in [0.717, 1.165) is 35.7 Å². The van der Waals surface area contributed by atoms with Gasteiger partial charge < -0.3 is 15.0 Å². The molecule has 4 rings (SSSR count). The number of ether oxygens (including phenoxy) is 1. The fourth-order valence-electron chi connectivity index (χ4n) is 3.92. The molecule has 1 aromatic heterocycles. The van der Waals surface area contributed by atoms with Crippen molar-refractivity contribution in [3.63, 3.8) is 0 Å². The Bertz CT molecular complexity index is 1140. The van der Waals surface area contributed by atoms with E-state index in [1.807, 2.05) is 60.4 Å². The van der Waals surface area contributed by atoms with E-state index in [1.54, 1.807) is 24.3 Å². The topological polar surface area (TPSA) is 71.5 Å². The molecule has 6 heteroatoms. The number of amides is 2. The fourth-order valence-corrected chi connectivity index (χ4v) is 3.92. The first-order valence-corrected chi connectivity index (χ1v) is 11.5. The molecule has 0 spiro atoms. The maximum Gasteiger partial charge on any atom is 0.251 e. The molecule has 2 heterocycles. The Hall–Kier alpha value is -3.67. The third kappa shape index (κ3) is 5.77. The highest BCUT2D eigenvalue weighted by atomic mass is 16.5. The Morgan fingerprint density at radius 1 is 1.09 bits per heavy atom. The Balaban J connectivity index is 1.37. The minimum atomic E-state index is -0.0660. The van der Waals surface area contributed by atoms with E-state index in [9.17, 15) is 9.59 Å². The van der Waals surface area contributed by atoms with Crippen molar-refractivity contribution in [3.8, 4) is 5.88 Å². The molecule has 1 aliphatic rings. The van der Waals surface area contributed by atoms with Gasteiger partial charge in [-0.05, 0) is 49.6 Å². The first-order valence-electron chi connectivity index (χ1n) is 11.5. The normalized spacial score (nSPS) is 14.5. The Morgan fingerprint density at radius 3 is 2.58 bits per heavy atom. The quantitative estimate of drug-likeness (QED) is 0.548. The highest BCUT2D eigenvalue weighted by molar-refractivity contribution is 5.95. The molecule has 2 aromatic carbocycles. The average molecular weight is 444 g/mol. The number of carbonyl (C=O) groups is 2. The standard InChI is InChI=1S/C27H29N3O3/c1-2-18-33-27-22(19-21-10-6-7-11-24(21)29-27)12-13-25(31)30-16-14-23(15-17-30)28-26(32)20-8-4-3-5-9-20/h3-13,19,23H,2,14-18H2,1H3,(H,28,32)/b13-12+. The number of nitrogens with zero attached hydrogens (tertiary/aromatic N) is 2. The van der Waals surface area contributed by atoms with E-state index in [0.29, 0.717) is 31.1 Å². The molecule has 1 aliphatic heterocycles. The van der Waals surface area contributed by atoms with Crippen LogP contribution in [0.15, 0.2) is 66.7 Å². The molecular weight excluding hydrogens is 414 g/mol. The summed E-state index contributed by atoms with van der Waals surface area (Å²) in [5.74, 6) is 0.433. The number of fused-ring (bicyclic) bond motifs is 1. The summed E-state index contributed by atoms with van der Waals surface area (Å²) in [6, 6.07) is 19.2. The maximum absolute atomic E-state index is 12.8. The summed E-state index contributed by atoms with van der Waals surface area (Å²) in [6.07, 6.45) is 5.73. The Kier molecular flexibility index (Phi) is 7.35. The van der Waals surface area contributed by atoms with Crippen molar-refractivity contribution >= 4 is 28.8 Å². The van der Waals surface area contributed by atoms with Gasteiger partial charge in [0.05, 0.1) is 12.1 Å². The van der Waals surface area contributed by atoms with Crippen LogP contribution in [0.2, 0.25) is 0 Å². The monoisotopic (exact) mass is 443 g/mol. The summed E-state index contributed by atoms with van der Waals surface area (Å²) < 4.78 is 5.83. The second-order valence-electron chi connectivity index (χ2n) is 8.20. The SMILES string of the molecule is CCCOc1nc2ccccc2cc1/C=C/C(=O)N1CCC(NC(=O)c2ccccc2)CC1. The number of piperidine rings is 1. The lowest BCUT2D eigenvalue weighted by Crippen LogP contribution is -2.46. The van der Waals surface area contributed by atoms with Gasteiger partial charge in [0.15, 0.2) is 0 Å². The molecule has 6 nitrogen and oxygen atoms in total. The second-order valence-corrected chi connectivity index (χ2v) is 8.20. The summed E-state index contributed by atoms with van der Waals surface area (Å²) in [4.78, 5) is 31.6. The Morgan fingerprint density at radius 2 is 1.82 bits per heavy atom. The predicted octanol–water partition coefficient (Wildman–Crippen LogP) is 4.46. The average Bonchev–Trinajstić information content (AvgIpc) is 2.86. The zero-order valence-electron chi connectivity index (χ0n) is 18.9. The van der Waals surface area contributed by atoms with Crippen LogP contribution in [0.5, 0.6) is 5.88 Å². The number of aromatic nitrogens is 1. The van der Waals surface area contributed by atoms with Crippen LogP contribution >= 0.6 is 0 Å². The number of hydrogen-bond acceptors (Lipinski definition) is 4. The molecule has 1 fully saturated rings. The van der Waals surface area contributed by atoms with Crippen LogP contribution in [0.25, 0.3) is 17.0 Å². The number of nitrogens with one attached hydrogen (secondary N) is 1. The summed E-state index contributed by atoms with van der Waals surface area (Å²) in [5.41, 5.74) is 2.32. The molecule has 0 unspecified atom stereocenters. The van der Waals surface area contributed by atoms with Gasteiger partial charge in [0.2, 0.25) is 11.8 Å². The van der Waals surface area contributed by atoms with E-state index in [2.05, 4.69) is 10.3 Å². The van der Waals surface area contributed by atoms with E-state index < -0.39 is 0 Å². The molecule has 2 amide bonds. The van der Waals surface area contributed by atoms with Gasteiger partial charge in [0, 0.05) is 41.7 Å². The minimum absolute atomic E-state index is 0.0440. The Labute approximate surface area is 194 Å². The number of rotatable bonds is 7.